The molecule has 1 aliphatic rings. The second-order valence-corrected chi connectivity index (χ2v) is 6.84. The van der Waals surface area contributed by atoms with Gasteiger partial charge in [-0.25, -0.2) is 4.68 Å². The molecule has 1 N–H and O–H groups in total. The molecule has 138 valence electrons. The molecule has 0 radical (unpaired) electrons. The maximum atomic E-state index is 12.8. The normalized spacial score (nSPS) is 14.4. The van der Waals surface area contributed by atoms with E-state index < -0.39 is 0 Å². The van der Waals surface area contributed by atoms with E-state index in [9.17, 15) is 9.90 Å². The van der Waals surface area contributed by atoms with E-state index in [0.29, 0.717) is 31.2 Å². The minimum Gasteiger partial charge on any atom is -0.504 e. The summed E-state index contributed by atoms with van der Waals surface area (Å²) in [6.07, 6.45) is 1.46. The van der Waals surface area contributed by atoms with Gasteiger partial charge in [-0.1, -0.05) is 35.9 Å². The summed E-state index contributed by atoms with van der Waals surface area (Å²) < 4.78 is 1.52. The molecule has 1 fully saturated rings. The molecular weight excluding hydrogens is 364 g/mol. The highest BCUT2D eigenvalue weighted by atomic mass is 35.5. The quantitative estimate of drug-likeness (QED) is 0.755. The number of anilines is 1. The summed E-state index contributed by atoms with van der Waals surface area (Å²) in [6.45, 7) is 2.52. The van der Waals surface area contributed by atoms with Crippen LogP contribution in [0, 0.1) is 0 Å². The first-order valence-electron chi connectivity index (χ1n) is 8.75. The van der Waals surface area contributed by atoms with Crippen LogP contribution < -0.4 is 4.90 Å². The van der Waals surface area contributed by atoms with Crippen molar-refractivity contribution < 1.29 is 9.90 Å². The van der Waals surface area contributed by atoms with Gasteiger partial charge in [0.1, 0.15) is 0 Å². The molecule has 6 nitrogen and oxygen atoms in total. The van der Waals surface area contributed by atoms with Gasteiger partial charge >= 0.3 is 0 Å². The van der Waals surface area contributed by atoms with E-state index in [2.05, 4.69) is 10.00 Å². The first-order chi connectivity index (χ1) is 13.1. The molecule has 27 heavy (non-hydrogen) atoms. The van der Waals surface area contributed by atoms with Crippen molar-refractivity contribution in [1.82, 2.24) is 14.7 Å². The van der Waals surface area contributed by atoms with Crippen LogP contribution in [0.4, 0.5) is 5.69 Å². The molecular formula is C20H19ClN4O2. The summed E-state index contributed by atoms with van der Waals surface area (Å²) in [7, 11) is 0. The molecule has 2 heterocycles. The van der Waals surface area contributed by atoms with E-state index >= 15 is 0 Å². The zero-order chi connectivity index (χ0) is 18.8. The van der Waals surface area contributed by atoms with Crippen LogP contribution in [0.5, 0.6) is 5.75 Å². The van der Waals surface area contributed by atoms with Gasteiger partial charge in [-0.2, -0.15) is 5.10 Å². The number of halogens is 1. The van der Waals surface area contributed by atoms with Crippen molar-refractivity contribution in [2.24, 2.45) is 0 Å². The summed E-state index contributed by atoms with van der Waals surface area (Å²) in [5.74, 6) is -0.367. The maximum Gasteiger partial charge on any atom is 0.278 e. The zero-order valence-electron chi connectivity index (χ0n) is 14.6. The molecule has 2 aromatic carbocycles. The van der Waals surface area contributed by atoms with Gasteiger partial charge in [0.2, 0.25) is 0 Å². The molecule has 0 aliphatic carbocycles. The largest absolute Gasteiger partial charge is 0.504 e. The van der Waals surface area contributed by atoms with Gasteiger partial charge in [0.25, 0.3) is 5.91 Å². The lowest BCUT2D eigenvalue weighted by atomic mass is 10.2. The summed E-state index contributed by atoms with van der Waals surface area (Å²) in [4.78, 5) is 16.7. The third-order valence-electron chi connectivity index (χ3n) is 4.66. The topological polar surface area (TPSA) is 61.6 Å². The molecule has 0 saturated carbocycles. The number of carbonyl (C=O) groups excluding carboxylic acids is 1. The lowest BCUT2D eigenvalue weighted by Crippen LogP contribution is -2.49. The number of piperazine rings is 1. The third kappa shape index (κ3) is 3.61. The molecule has 3 aromatic rings. The van der Waals surface area contributed by atoms with Crippen molar-refractivity contribution in [3.05, 3.63) is 71.5 Å². The first kappa shape index (κ1) is 17.4. The fourth-order valence-electron chi connectivity index (χ4n) is 3.22. The van der Waals surface area contributed by atoms with Crippen molar-refractivity contribution in [3.8, 4) is 11.4 Å². The molecule has 7 heteroatoms. The molecule has 0 atom stereocenters. The van der Waals surface area contributed by atoms with Crippen LogP contribution in [0.2, 0.25) is 5.02 Å². The Labute approximate surface area is 162 Å². The SMILES string of the molecule is O=C(c1nn(-c2ccccc2)cc1O)N1CCN(c2cccc(Cl)c2)CC1. The molecule has 1 saturated heterocycles. The average Bonchev–Trinajstić information content (AvgIpc) is 3.10. The fraction of sp³-hybridized carbons (Fsp3) is 0.200. The van der Waals surface area contributed by atoms with E-state index in [1.807, 2.05) is 54.6 Å². The average molecular weight is 383 g/mol. The van der Waals surface area contributed by atoms with E-state index in [1.165, 1.54) is 10.9 Å². The van der Waals surface area contributed by atoms with Crippen LogP contribution in [0.15, 0.2) is 60.8 Å². The van der Waals surface area contributed by atoms with Gasteiger partial charge in [0.05, 0.1) is 11.9 Å². The van der Waals surface area contributed by atoms with Crippen LogP contribution in [0.25, 0.3) is 5.69 Å². The number of hydrogen-bond donors (Lipinski definition) is 1. The molecule has 0 bridgehead atoms. The maximum absolute atomic E-state index is 12.8. The minimum absolute atomic E-state index is 0.0788. The standard InChI is InChI=1S/C20H19ClN4O2/c21-15-5-4-8-17(13-15)23-9-11-24(12-10-23)20(27)19-18(26)14-25(22-19)16-6-2-1-3-7-16/h1-8,13-14,26H,9-12H2. The molecule has 0 spiro atoms. The van der Waals surface area contributed by atoms with Crippen LogP contribution >= 0.6 is 11.6 Å². The van der Waals surface area contributed by atoms with Gasteiger partial charge in [-0.15, -0.1) is 0 Å². The van der Waals surface area contributed by atoms with Crippen LogP contribution in [0.1, 0.15) is 10.5 Å². The number of para-hydroxylation sites is 1. The van der Waals surface area contributed by atoms with E-state index in [4.69, 9.17) is 11.6 Å². The van der Waals surface area contributed by atoms with Gasteiger partial charge in [0.15, 0.2) is 11.4 Å². The number of aromatic nitrogens is 2. The lowest BCUT2D eigenvalue weighted by molar-refractivity contribution is 0.0737. The number of carbonyl (C=O) groups is 1. The summed E-state index contributed by atoms with van der Waals surface area (Å²) in [5.41, 5.74) is 1.92. The Balaban J connectivity index is 1.46. The number of amides is 1. The van der Waals surface area contributed by atoms with Gasteiger partial charge in [-0.3, -0.25) is 4.79 Å². The minimum atomic E-state index is -0.257. The van der Waals surface area contributed by atoms with Crippen LogP contribution in [-0.2, 0) is 0 Å². The Kier molecular flexibility index (Phi) is 4.73. The highest BCUT2D eigenvalue weighted by molar-refractivity contribution is 6.30. The van der Waals surface area contributed by atoms with E-state index in [1.54, 1.807) is 4.90 Å². The highest BCUT2D eigenvalue weighted by Gasteiger charge is 2.26. The molecule has 1 aromatic heterocycles. The fourth-order valence-corrected chi connectivity index (χ4v) is 3.40. The number of rotatable bonds is 3. The summed E-state index contributed by atoms with van der Waals surface area (Å²) >= 11 is 6.06. The monoisotopic (exact) mass is 382 g/mol. The Morgan fingerprint density at radius 2 is 1.67 bits per heavy atom. The number of benzene rings is 2. The smallest absolute Gasteiger partial charge is 0.278 e. The molecule has 1 amide bonds. The summed E-state index contributed by atoms with van der Waals surface area (Å²) in [5, 5.41) is 15.2. The number of aromatic hydroxyl groups is 1. The zero-order valence-corrected chi connectivity index (χ0v) is 15.4. The summed E-state index contributed by atoms with van der Waals surface area (Å²) in [6, 6.07) is 17.1. The highest BCUT2D eigenvalue weighted by Crippen LogP contribution is 2.23. The van der Waals surface area contributed by atoms with Crippen LogP contribution in [0.3, 0.4) is 0 Å². The Morgan fingerprint density at radius 3 is 2.37 bits per heavy atom. The Bertz CT molecular complexity index is 950. The van der Waals surface area contributed by atoms with Crippen molar-refractivity contribution in [2.45, 2.75) is 0 Å². The van der Waals surface area contributed by atoms with Gasteiger partial charge in [0, 0.05) is 36.9 Å². The number of hydrogen-bond acceptors (Lipinski definition) is 4. The predicted octanol–water partition coefficient (Wildman–Crippen LogP) is 3.19. The first-order valence-corrected chi connectivity index (χ1v) is 9.13. The molecule has 4 rings (SSSR count). The van der Waals surface area contributed by atoms with Crippen molar-refractivity contribution in [1.29, 1.82) is 0 Å². The van der Waals surface area contributed by atoms with E-state index in [0.717, 1.165) is 11.4 Å². The predicted molar refractivity (Wildman–Crippen MR) is 105 cm³/mol. The molecule has 1 aliphatic heterocycles. The second kappa shape index (κ2) is 7.32. The lowest BCUT2D eigenvalue weighted by Gasteiger charge is -2.35. The van der Waals surface area contributed by atoms with Crippen LogP contribution in [-0.4, -0.2) is 51.9 Å². The van der Waals surface area contributed by atoms with E-state index in [-0.39, 0.29) is 17.4 Å². The Morgan fingerprint density at radius 1 is 0.963 bits per heavy atom. The third-order valence-corrected chi connectivity index (χ3v) is 4.89. The van der Waals surface area contributed by atoms with Crippen molar-refractivity contribution in [2.75, 3.05) is 31.1 Å². The van der Waals surface area contributed by atoms with Gasteiger partial charge in [-0.05, 0) is 30.3 Å². The van der Waals surface area contributed by atoms with Crippen molar-refractivity contribution >= 4 is 23.2 Å². The van der Waals surface area contributed by atoms with Gasteiger partial charge < -0.3 is 14.9 Å². The second-order valence-electron chi connectivity index (χ2n) is 6.40. The number of nitrogens with zero attached hydrogens (tertiary/aromatic N) is 4. The van der Waals surface area contributed by atoms with Crippen molar-refractivity contribution in [3.63, 3.8) is 0 Å². The Hall–Kier alpha value is -2.99. The molecule has 0 unspecified atom stereocenters.